The maximum atomic E-state index is 8.36. The number of fused-ring (bicyclic) bond motifs is 1. The van der Waals surface area contributed by atoms with Gasteiger partial charge in [0, 0.05) is 30.0 Å². The van der Waals surface area contributed by atoms with Crippen LogP contribution in [0.25, 0.3) is 5.52 Å². The van der Waals surface area contributed by atoms with Gasteiger partial charge in [0.05, 0.1) is 5.04 Å². The SMILES string of the molecule is CCCC(=N)SC(=N)c1cccc(Nc2ncnn3ccc(CN4CCC(N)CC4)c23)c1. The molecule has 5 N–H and O–H groups in total. The van der Waals surface area contributed by atoms with Crippen LogP contribution in [0, 0.1) is 10.8 Å². The molecule has 0 radical (unpaired) electrons. The first kappa shape index (κ1) is 22.4. The third-order valence-corrected chi connectivity index (χ3v) is 6.54. The van der Waals surface area contributed by atoms with E-state index in [1.54, 1.807) is 6.33 Å². The highest BCUT2D eigenvalue weighted by molar-refractivity contribution is 8.26. The Balaban J connectivity index is 1.54. The van der Waals surface area contributed by atoms with Crippen LogP contribution in [-0.2, 0) is 6.54 Å². The number of hydrogen-bond donors (Lipinski definition) is 4. The van der Waals surface area contributed by atoms with Crippen LogP contribution in [0.3, 0.4) is 0 Å². The number of nitrogens with one attached hydrogen (secondary N) is 3. The van der Waals surface area contributed by atoms with Gasteiger partial charge in [0.1, 0.15) is 16.9 Å². The normalized spacial score (nSPS) is 15.2. The zero-order chi connectivity index (χ0) is 22.5. The summed E-state index contributed by atoms with van der Waals surface area (Å²) in [6.07, 6.45) is 7.18. The summed E-state index contributed by atoms with van der Waals surface area (Å²) in [5, 5.41) is 25.0. The van der Waals surface area contributed by atoms with Gasteiger partial charge in [-0.2, -0.15) is 5.10 Å². The number of piperidine rings is 1. The summed E-state index contributed by atoms with van der Waals surface area (Å²) in [6.45, 7) is 4.89. The van der Waals surface area contributed by atoms with Crippen molar-refractivity contribution < 1.29 is 0 Å². The van der Waals surface area contributed by atoms with Gasteiger partial charge in [0.15, 0.2) is 5.82 Å². The Morgan fingerprint density at radius 1 is 1.25 bits per heavy atom. The van der Waals surface area contributed by atoms with Crippen molar-refractivity contribution in [1.29, 1.82) is 10.8 Å². The highest BCUT2D eigenvalue weighted by Crippen LogP contribution is 2.26. The lowest BCUT2D eigenvalue weighted by Crippen LogP contribution is -2.39. The second-order valence-corrected chi connectivity index (χ2v) is 9.27. The number of rotatable bonds is 7. The van der Waals surface area contributed by atoms with Crippen LogP contribution in [0.4, 0.5) is 11.5 Å². The highest BCUT2D eigenvalue weighted by Gasteiger charge is 2.19. The Kier molecular flexibility index (Phi) is 7.19. The second kappa shape index (κ2) is 10.2. The molecule has 0 unspecified atom stereocenters. The predicted octanol–water partition coefficient (Wildman–Crippen LogP) is 4.23. The summed E-state index contributed by atoms with van der Waals surface area (Å²) in [4.78, 5) is 6.94. The smallest absolute Gasteiger partial charge is 0.158 e. The van der Waals surface area contributed by atoms with Gasteiger partial charge in [-0.3, -0.25) is 15.7 Å². The average Bonchev–Trinajstić information content (AvgIpc) is 3.19. The fourth-order valence-corrected chi connectivity index (χ4v) is 4.72. The van der Waals surface area contributed by atoms with E-state index in [9.17, 15) is 0 Å². The molecular formula is C23H30N8S. The van der Waals surface area contributed by atoms with Crippen molar-refractivity contribution in [3.63, 3.8) is 0 Å². The van der Waals surface area contributed by atoms with Gasteiger partial charge in [-0.05, 0) is 56.1 Å². The van der Waals surface area contributed by atoms with Crippen molar-refractivity contribution in [2.45, 2.75) is 45.2 Å². The monoisotopic (exact) mass is 450 g/mol. The molecule has 0 bridgehead atoms. The molecule has 1 fully saturated rings. The van der Waals surface area contributed by atoms with Crippen molar-refractivity contribution in [2.24, 2.45) is 5.73 Å². The highest BCUT2D eigenvalue weighted by atomic mass is 32.2. The maximum absolute atomic E-state index is 8.36. The van der Waals surface area contributed by atoms with Crippen LogP contribution in [0.1, 0.15) is 43.7 Å². The van der Waals surface area contributed by atoms with Crippen molar-refractivity contribution in [3.8, 4) is 0 Å². The first-order valence-electron chi connectivity index (χ1n) is 11.0. The fourth-order valence-electron chi connectivity index (χ4n) is 3.92. The van der Waals surface area contributed by atoms with Gasteiger partial charge < -0.3 is 11.1 Å². The summed E-state index contributed by atoms with van der Waals surface area (Å²) < 4.78 is 1.86. The zero-order valence-corrected chi connectivity index (χ0v) is 19.2. The Labute approximate surface area is 192 Å². The molecule has 32 heavy (non-hydrogen) atoms. The Bertz CT molecular complexity index is 1100. The number of nitrogens with two attached hydrogens (primary N) is 1. The Hall–Kier alpha value is -2.75. The van der Waals surface area contributed by atoms with Crippen LogP contribution in [0.15, 0.2) is 42.9 Å². The molecule has 3 aromatic rings. The van der Waals surface area contributed by atoms with Crippen LogP contribution >= 0.6 is 11.8 Å². The number of aromatic nitrogens is 3. The van der Waals surface area contributed by atoms with Crippen molar-refractivity contribution in [3.05, 3.63) is 54.0 Å². The number of thioether (sulfide) groups is 1. The van der Waals surface area contributed by atoms with E-state index in [4.69, 9.17) is 16.6 Å². The topological polar surface area (TPSA) is 119 Å². The third kappa shape index (κ3) is 5.35. The molecule has 168 valence electrons. The van der Waals surface area contributed by atoms with Gasteiger partial charge >= 0.3 is 0 Å². The number of anilines is 2. The molecule has 0 atom stereocenters. The van der Waals surface area contributed by atoms with Gasteiger partial charge in [0.2, 0.25) is 0 Å². The van der Waals surface area contributed by atoms with E-state index in [-0.39, 0.29) is 0 Å². The molecule has 0 aliphatic carbocycles. The first-order chi connectivity index (χ1) is 15.5. The largest absolute Gasteiger partial charge is 0.338 e. The number of likely N-dealkylation sites (tertiary alicyclic amines) is 1. The third-order valence-electron chi connectivity index (χ3n) is 5.65. The molecular weight excluding hydrogens is 420 g/mol. The Morgan fingerprint density at radius 3 is 2.84 bits per heavy atom. The summed E-state index contributed by atoms with van der Waals surface area (Å²) in [5.74, 6) is 0.740. The molecule has 4 rings (SSSR count). The van der Waals surface area contributed by atoms with E-state index in [1.165, 1.54) is 17.3 Å². The molecule has 3 heterocycles. The quantitative estimate of drug-likeness (QED) is 0.316. The minimum atomic E-state index is 0.312. The minimum absolute atomic E-state index is 0.312. The van der Waals surface area contributed by atoms with E-state index in [0.29, 0.717) is 22.6 Å². The van der Waals surface area contributed by atoms with E-state index in [2.05, 4.69) is 26.4 Å². The van der Waals surface area contributed by atoms with E-state index in [1.807, 2.05) is 41.9 Å². The molecule has 0 amide bonds. The van der Waals surface area contributed by atoms with Crippen molar-refractivity contribution in [2.75, 3.05) is 18.4 Å². The molecule has 1 aromatic carbocycles. The van der Waals surface area contributed by atoms with Crippen LogP contribution < -0.4 is 11.1 Å². The maximum Gasteiger partial charge on any atom is 0.158 e. The average molecular weight is 451 g/mol. The van der Waals surface area contributed by atoms with Crippen LogP contribution in [0.2, 0.25) is 0 Å². The molecule has 8 nitrogen and oxygen atoms in total. The number of nitrogens with zero attached hydrogens (tertiary/aromatic N) is 4. The van der Waals surface area contributed by atoms with Crippen LogP contribution in [0.5, 0.6) is 0 Å². The first-order valence-corrected chi connectivity index (χ1v) is 11.9. The lowest BCUT2D eigenvalue weighted by atomic mass is 10.1. The van der Waals surface area contributed by atoms with Gasteiger partial charge in [-0.25, -0.2) is 9.50 Å². The van der Waals surface area contributed by atoms with Gasteiger partial charge in [-0.1, -0.05) is 37.2 Å². The fraction of sp³-hybridized carbons (Fsp3) is 0.391. The summed E-state index contributed by atoms with van der Waals surface area (Å²) in [7, 11) is 0. The Morgan fingerprint density at radius 2 is 2.06 bits per heavy atom. The molecule has 0 saturated carbocycles. The van der Waals surface area contributed by atoms with Gasteiger partial charge in [-0.15, -0.1) is 0 Å². The molecule has 1 saturated heterocycles. The minimum Gasteiger partial charge on any atom is -0.338 e. The second-order valence-electron chi connectivity index (χ2n) is 8.17. The van der Waals surface area contributed by atoms with E-state index < -0.39 is 0 Å². The molecule has 2 aromatic heterocycles. The molecule has 1 aliphatic heterocycles. The van der Waals surface area contributed by atoms with Crippen molar-refractivity contribution in [1.82, 2.24) is 19.5 Å². The molecule has 1 aliphatic rings. The summed E-state index contributed by atoms with van der Waals surface area (Å²) in [5.41, 5.74) is 9.83. The molecule has 0 spiro atoms. The standard InChI is InChI=1S/C23H30N8S/c1-2-4-20(25)32-22(26)16-5-3-6-19(13-16)29-23-21-17(7-12-31(21)28-15-27-23)14-30-10-8-18(24)9-11-30/h3,5-7,12-13,15,18,25-26H,2,4,8-11,14,24H2,1H3,(H,27,28,29). The number of benzene rings is 1. The summed E-state index contributed by atoms with van der Waals surface area (Å²) in [6, 6.07) is 10.1. The lowest BCUT2D eigenvalue weighted by Gasteiger charge is -2.29. The lowest BCUT2D eigenvalue weighted by molar-refractivity contribution is 0.206. The zero-order valence-electron chi connectivity index (χ0n) is 18.3. The molecule has 9 heteroatoms. The van der Waals surface area contributed by atoms with E-state index in [0.717, 1.165) is 61.5 Å². The van der Waals surface area contributed by atoms with E-state index >= 15 is 0 Å². The van der Waals surface area contributed by atoms with Gasteiger partial charge in [0.25, 0.3) is 0 Å². The van der Waals surface area contributed by atoms with Crippen LogP contribution in [-0.4, -0.2) is 48.7 Å². The van der Waals surface area contributed by atoms with Crippen molar-refractivity contribution >= 4 is 38.9 Å². The predicted molar refractivity (Wildman–Crippen MR) is 132 cm³/mol. The summed E-state index contributed by atoms with van der Waals surface area (Å²) >= 11 is 1.21. The number of hydrogen-bond acceptors (Lipinski definition) is 8.